The molecule has 1 fully saturated rings. The minimum absolute atomic E-state index is 0.0456. The molecule has 1 aromatic rings. The Morgan fingerprint density at radius 3 is 2.95 bits per heavy atom. The second-order valence-electron chi connectivity index (χ2n) is 4.18. The number of anilines is 1. The summed E-state index contributed by atoms with van der Waals surface area (Å²) >= 11 is 5.87. The fourth-order valence-corrected chi connectivity index (χ4v) is 2.40. The van der Waals surface area contributed by atoms with E-state index in [-0.39, 0.29) is 10.7 Å². The Kier molecular flexibility index (Phi) is 3.87. The molecule has 102 valence electrons. The van der Waals surface area contributed by atoms with E-state index >= 15 is 0 Å². The lowest BCUT2D eigenvalue weighted by atomic mass is 10.1. The third kappa shape index (κ3) is 2.61. The van der Waals surface area contributed by atoms with Crippen LogP contribution in [0, 0.1) is 10.1 Å². The molecule has 0 radical (unpaired) electrons. The molecule has 0 bridgehead atoms. The number of nitro benzene ring substituents is 1. The lowest BCUT2D eigenvalue weighted by Gasteiger charge is -2.35. The summed E-state index contributed by atoms with van der Waals surface area (Å²) < 4.78 is 0. The quantitative estimate of drug-likeness (QED) is 0.622. The van der Waals surface area contributed by atoms with E-state index in [4.69, 9.17) is 17.3 Å². The lowest BCUT2D eigenvalue weighted by molar-refractivity contribution is -0.384. The van der Waals surface area contributed by atoms with Crippen molar-refractivity contribution in [2.24, 2.45) is 5.73 Å². The number of amides is 1. The normalized spacial score (nSPS) is 19.2. The average molecular weight is 285 g/mol. The smallest absolute Gasteiger partial charge is 0.310 e. The lowest BCUT2D eigenvalue weighted by Crippen LogP contribution is -2.57. The number of primary amides is 1. The van der Waals surface area contributed by atoms with Gasteiger partial charge in [-0.25, -0.2) is 0 Å². The van der Waals surface area contributed by atoms with Gasteiger partial charge in [-0.1, -0.05) is 17.7 Å². The van der Waals surface area contributed by atoms with Crippen LogP contribution in [-0.4, -0.2) is 36.5 Å². The molecule has 7 nitrogen and oxygen atoms in total. The monoisotopic (exact) mass is 284 g/mol. The molecule has 1 atom stereocenters. The van der Waals surface area contributed by atoms with Gasteiger partial charge in [0.15, 0.2) is 0 Å². The summed E-state index contributed by atoms with van der Waals surface area (Å²) in [4.78, 5) is 23.7. The summed E-state index contributed by atoms with van der Waals surface area (Å²) in [6.07, 6.45) is 0. The topological polar surface area (TPSA) is 102 Å². The predicted octanol–water partition coefficient (Wildman–Crippen LogP) is 0.512. The van der Waals surface area contributed by atoms with Crippen LogP contribution in [0.25, 0.3) is 0 Å². The Labute approximate surface area is 114 Å². The van der Waals surface area contributed by atoms with Gasteiger partial charge in [0.2, 0.25) is 5.91 Å². The number of nitrogens with zero attached hydrogens (tertiary/aromatic N) is 2. The number of nitrogens with two attached hydrogens (primary N) is 1. The summed E-state index contributed by atoms with van der Waals surface area (Å²) in [5.41, 5.74) is 5.46. The number of halogens is 1. The van der Waals surface area contributed by atoms with E-state index in [1.165, 1.54) is 6.07 Å². The second-order valence-corrected chi connectivity index (χ2v) is 4.59. The van der Waals surface area contributed by atoms with Crippen molar-refractivity contribution in [1.29, 1.82) is 0 Å². The van der Waals surface area contributed by atoms with Crippen molar-refractivity contribution in [3.05, 3.63) is 33.3 Å². The first kappa shape index (κ1) is 13.6. The highest BCUT2D eigenvalue weighted by atomic mass is 35.5. The number of nitrogens with one attached hydrogen (secondary N) is 1. The maximum atomic E-state index is 11.4. The number of carbonyl (C=O) groups is 1. The number of nitro groups is 1. The fraction of sp³-hybridized carbons (Fsp3) is 0.364. The third-order valence-corrected chi connectivity index (χ3v) is 3.33. The van der Waals surface area contributed by atoms with Crippen LogP contribution in [0.2, 0.25) is 5.02 Å². The van der Waals surface area contributed by atoms with Gasteiger partial charge in [0.05, 0.1) is 4.92 Å². The maximum absolute atomic E-state index is 11.4. The van der Waals surface area contributed by atoms with Gasteiger partial charge >= 0.3 is 5.69 Å². The zero-order valence-electron chi connectivity index (χ0n) is 10.0. The minimum atomic E-state index is -0.620. The number of para-hydroxylation sites is 1. The van der Waals surface area contributed by atoms with Gasteiger partial charge in [-0.2, -0.15) is 0 Å². The number of hydrogen-bond donors (Lipinski definition) is 2. The van der Waals surface area contributed by atoms with E-state index in [9.17, 15) is 14.9 Å². The van der Waals surface area contributed by atoms with E-state index < -0.39 is 16.9 Å². The van der Waals surface area contributed by atoms with Gasteiger partial charge in [0, 0.05) is 19.6 Å². The van der Waals surface area contributed by atoms with Crippen LogP contribution in [0.3, 0.4) is 0 Å². The first-order valence-corrected chi connectivity index (χ1v) is 6.09. The first-order chi connectivity index (χ1) is 9.02. The van der Waals surface area contributed by atoms with Crippen LogP contribution in [0.4, 0.5) is 11.4 Å². The molecule has 19 heavy (non-hydrogen) atoms. The Bertz CT molecular complexity index is 523. The van der Waals surface area contributed by atoms with Gasteiger partial charge in [-0.05, 0) is 12.1 Å². The van der Waals surface area contributed by atoms with Crippen molar-refractivity contribution < 1.29 is 9.72 Å². The van der Waals surface area contributed by atoms with Crippen molar-refractivity contribution in [3.63, 3.8) is 0 Å². The van der Waals surface area contributed by atoms with Crippen molar-refractivity contribution >= 4 is 28.9 Å². The minimum Gasteiger partial charge on any atom is -0.368 e. The molecule has 2 rings (SSSR count). The largest absolute Gasteiger partial charge is 0.368 e. The summed E-state index contributed by atoms with van der Waals surface area (Å²) in [5.74, 6) is -0.526. The van der Waals surface area contributed by atoms with Crippen LogP contribution in [0.1, 0.15) is 0 Å². The van der Waals surface area contributed by atoms with Gasteiger partial charge in [-0.3, -0.25) is 14.9 Å². The predicted molar refractivity (Wildman–Crippen MR) is 71.3 cm³/mol. The SMILES string of the molecule is NC(=O)C1CNCCN1c1cccc(Cl)c1[N+](=O)[O-]. The van der Waals surface area contributed by atoms with Gasteiger partial charge in [0.25, 0.3) is 0 Å². The van der Waals surface area contributed by atoms with Gasteiger partial charge < -0.3 is 16.0 Å². The first-order valence-electron chi connectivity index (χ1n) is 5.72. The second kappa shape index (κ2) is 5.41. The van der Waals surface area contributed by atoms with Crippen LogP contribution in [-0.2, 0) is 4.79 Å². The molecule has 0 aromatic heterocycles. The Morgan fingerprint density at radius 1 is 1.58 bits per heavy atom. The van der Waals surface area contributed by atoms with E-state index in [1.54, 1.807) is 17.0 Å². The molecule has 1 aliphatic heterocycles. The molecule has 1 amide bonds. The molecule has 1 unspecified atom stereocenters. The summed E-state index contributed by atoms with van der Waals surface area (Å²) in [6.45, 7) is 1.43. The van der Waals surface area contributed by atoms with Gasteiger partial charge in [-0.15, -0.1) is 0 Å². The zero-order valence-corrected chi connectivity index (χ0v) is 10.8. The summed E-state index contributed by atoms with van der Waals surface area (Å²) in [5, 5.41) is 14.2. The molecular weight excluding hydrogens is 272 g/mol. The van der Waals surface area contributed by atoms with Crippen LogP contribution in [0.5, 0.6) is 0 Å². The standard InChI is InChI=1S/C11H13ClN4O3/c12-7-2-1-3-8(10(7)16(18)19)15-5-4-14-6-9(15)11(13)17/h1-3,9,14H,4-6H2,(H2,13,17). The maximum Gasteiger partial charge on any atom is 0.310 e. The number of hydrogen-bond acceptors (Lipinski definition) is 5. The van der Waals surface area contributed by atoms with Gasteiger partial charge in [0.1, 0.15) is 16.8 Å². The van der Waals surface area contributed by atoms with E-state index in [0.29, 0.717) is 25.3 Å². The Balaban J connectivity index is 2.47. The van der Waals surface area contributed by atoms with Crippen LogP contribution < -0.4 is 16.0 Å². The Hall–Kier alpha value is -1.86. The van der Waals surface area contributed by atoms with Crippen molar-refractivity contribution in [3.8, 4) is 0 Å². The molecule has 3 N–H and O–H groups in total. The van der Waals surface area contributed by atoms with Crippen LogP contribution >= 0.6 is 11.6 Å². The molecule has 1 saturated heterocycles. The molecule has 0 aliphatic carbocycles. The summed E-state index contributed by atoms with van der Waals surface area (Å²) in [7, 11) is 0. The highest BCUT2D eigenvalue weighted by Gasteiger charge is 2.32. The third-order valence-electron chi connectivity index (χ3n) is 3.03. The number of piperazine rings is 1. The number of benzene rings is 1. The molecule has 0 saturated carbocycles. The molecule has 8 heteroatoms. The molecule has 1 aliphatic rings. The number of carbonyl (C=O) groups excluding carboxylic acids is 1. The van der Waals surface area contributed by atoms with E-state index in [2.05, 4.69) is 5.32 Å². The Morgan fingerprint density at radius 2 is 2.32 bits per heavy atom. The van der Waals surface area contributed by atoms with E-state index in [1.807, 2.05) is 0 Å². The van der Waals surface area contributed by atoms with Crippen molar-refractivity contribution in [2.75, 3.05) is 24.5 Å². The molecular formula is C11H13ClN4O3. The van der Waals surface area contributed by atoms with E-state index in [0.717, 1.165) is 0 Å². The number of rotatable bonds is 3. The highest BCUT2D eigenvalue weighted by Crippen LogP contribution is 2.36. The van der Waals surface area contributed by atoms with Crippen molar-refractivity contribution in [2.45, 2.75) is 6.04 Å². The average Bonchev–Trinajstić information content (AvgIpc) is 2.37. The van der Waals surface area contributed by atoms with Crippen LogP contribution in [0.15, 0.2) is 18.2 Å². The molecule has 1 heterocycles. The van der Waals surface area contributed by atoms with Crippen molar-refractivity contribution in [1.82, 2.24) is 5.32 Å². The summed E-state index contributed by atoms with van der Waals surface area (Å²) in [6, 6.07) is 4.02. The fourth-order valence-electron chi connectivity index (χ4n) is 2.16. The molecule has 0 spiro atoms. The highest BCUT2D eigenvalue weighted by molar-refractivity contribution is 6.33. The molecule has 1 aromatic carbocycles. The zero-order chi connectivity index (χ0) is 14.0.